The summed E-state index contributed by atoms with van der Waals surface area (Å²) in [5.41, 5.74) is 2.79. The summed E-state index contributed by atoms with van der Waals surface area (Å²) < 4.78 is 11.1. The molecule has 4 heteroatoms. The first-order chi connectivity index (χ1) is 9.76. The van der Waals surface area contributed by atoms with Gasteiger partial charge in [0.25, 0.3) is 0 Å². The van der Waals surface area contributed by atoms with Crippen LogP contribution < -0.4 is 9.47 Å². The van der Waals surface area contributed by atoms with E-state index in [-0.39, 0.29) is 11.5 Å². The third-order valence-corrected chi connectivity index (χ3v) is 5.40. The summed E-state index contributed by atoms with van der Waals surface area (Å²) in [4.78, 5) is 2.51. The maximum atomic E-state index is 9.95. The number of ether oxygens (including phenoxy) is 2. The van der Waals surface area contributed by atoms with Crippen LogP contribution in [0.4, 0.5) is 0 Å². The second kappa shape index (κ2) is 3.57. The summed E-state index contributed by atoms with van der Waals surface area (Å²) in [5.74, 6) is 1.75. The number of aliphatic hydroxyl groups excluding tert-OH is 1. The SMILES string of the molecule is O[C@H]1C=C[C@@]23CCN(Cc4cc5c(cc42)OCO5)[C@@H]3C1. The molecule has 1 aliphatic carbocycles. The zero-order valence-corrected chi connectivity index (χ0v) is 11.2. The summed E-state index contributed by atoms with van der Waals surface area (Å²) in [7, 11) is 0. The number of fused-ring (bicyclic) bond motifs is 2. The zero-order chi connectivity index (χ0) is 13.3. The summed E-state index contributed by atoms with van der Waals surface area (Å²) in [6, 6.07) is 4.75. The van der Waals surface area contributed by atoms with Gasteiger partial charge in [-0.2, -0.15) is 0 Å². The van der Waals surface area contributed by atoms with E-state index in [0.717, 1.165) is 37.4 Å². The normalized spacial score (nSPS) is 39.5. The molecule has 0 aromatic heterocycles. The third kappa shape index (κ3) is 1.24. The van der Waals surface area contributed by atoms with Crippen LogP contribution in [0.3, 0.4) is 0 Å². The van der Waals surface area contributed by atoms with Gasteiger partial charge in [0.1, 0.15) is 0 Å². The molecule has 0 amide bonds. The molecule has 4 aliphatic rings. The number of hydrogen-bond donors (Lipinski definition) is 1. The first-order valence-electron chi connectivity index (χ1n) is 7.31. The number of hydrogen-bond acceptors (Lipinski definition) is 4. The molecule has 3 heterocycles. The number of benzene rings is 1. The van der Waals surface area contributed by atoms with Crippen LogP contribution in [0, 0.1) is 0 Å². The quantitative estimate of drug-likeness (QED) is 0.727. The fourth-order valence-corrected chi connectivity index (χ4v) is 4.48. The Morgan fingerprint density at radius 3 is 3.00 bits per heavy atom. The predicted molar refractivity (Wildman–Crippen MR) is 72.8 cm³/mol. The van der Waals surface area contributed by atoms with Crippen molar-refractivity contribution >= 4 is 0 Å². The van der Waals surface area contributed by atoms with Crippen molar-refractivity contribution in [1.29, 1.82) is 0 Å². The van der Waals surface area contributed by atoms with Crippen LogP contribution in [-0.2, 0) is 12.0 Å². The first kappa shape index (κ1) is 11.2. The molecule has 0 spiro atoms. The van der Waals surface area contributed by atoms with Crippen molar-refractivity contribution < 1.29 is 14.6 Å². The average Bonchev–Trinajstić information content (AvgIpc) is 3.00. The van der Waals surface area contributed by atoms with Gasteiger partial charge in [-0.15, -0.1) is 0 Å². The van der Waals surface area contributed by atoms with E-state index in [1.54, 1.807) is 0 Å². The Morgan fingerprint density at radius 2 is 2.10 bits per heavy atom. The number of rotatable bonds is 0. The highest BCUT2D eigenvalue weighted by molar-refractivity contribution is 5.55. The lowest BCUT2D eigenvalue weighted by atomic mass is 9.66. The van der Waals surface area contributed by atoms with Gasteiger partial charge in [-0.3, -0.25) is 4.90 Å². The fourth-order valence-electron chi connectivity index (χ4n) is 4.48. The van der Waals surface area contributed by atoms with Crippen LogP contribution in [0.1, 0.15) is 24.0 Å². The van der Waals surface area contributed by atoms with Crippen LogP contribution in [0.2, 0.25) is 0 Å². The van der Waals surface area contributed by atoms with Gasteiger partial charge in [0.15, 0.2) is 11.5 Å². The predicted octanol–water partition coefficient (Wildman–Crippen LogP) is 1.56. The van der Waals surface area contributed by atoms with Crippen molar-refractivity contribution in [2.75, 3.05) is 13.3 Å². The topological polar surface area (TPSA) is 41.9 Å². The van der Waals surface area contributed by atoms with Gasteiger partial charge < -0.3 is 14.6 Å². The van der Waals surface area contributed by atoms with Crippen molar-refractivity contribution in [3.05, 3.63) is 35.4 Å². The van der Waals surface area contributed by atoms with E-state index in [1.165, 1.54) is 11.1 Å². The highest BCUT2D eigenvalue weighted by atomic mass is 16.7. The highest BCUT2D eigenvalue weighted by Crippen LogP contribution is 2.53. The van der Waals surface area contributed by atoms with E-state index in [9.17, 15) is 5.11 Å². The molecule has 4 atom stereocenters. The van der Waals surface area contributed by atoms with Crippen LogP contribution in [0.15, 0.2) is 24.3 Å². The summed E-state index contributed by atoms with van der Waals surface area (Å²) in [6.45, 7) is 2.38. The molecule has 104 valence electrons. The average molecular weight is 271 g/mol. The van der Waals surface area contributed by atoms with Crippen molar-refractivity contribution in [1.82, 2.24) is 4.90 Å². The maximum Gasteiger partial charge on any atom is 0.231 e. The van der Waals surface area contributed by atoms with Gasteiger partial charge in [-0.25, -0.2) is 0 Å². The molecule has 1 aromatic rings. The fraction of sp³-hybridized carbons (Fsp3) is 0.500. The minimum absolute atomic E-state index is 0.0633. The van der Waals surface area contributed by atoms with Crippen LogP contribution in [0.5, 0.6) is 11.5 Å². The van der Waals surface area contributed by atoms with E-state index >= 15 is 0 Å². The van der Waals surface area contributed by atoms with E-state index in [0.29, 0.717) is 12.8 Å². The number of aliphatic hydroxyl groups is 1. The standard InChI is InChI=1S/C16H17NO3/c18-11-1-2-16-3-4-17(15(16)6-11)8-10-5-13-14(7-12(10)16)20-9-19-13/h1-2,5,7,11,15,18H,3-4,6,8-9H2/t11-,15+,16+/m0/s1. The van der Waals surface area contributed by atoms with E-state index in [4.69, 9.17) is 9.47 Å². The Morgan fingerprint density at radius 1 is 1.25 bits per heavy atom. The first-order valence-corrected chi connectivity index (χ1v) is 7.31. The maximum absolute atomic E-state index is 9.95. The molecule has 1 saturated heterocycles. The molecule has 1 unspecified atom stereocenters. The molecule has 5 rings (SSSR count). The lowest BCUT2D eigenvalue weighted by Crippen LogP contribution is -2.49. The van der Waals surface area contributed by atoms with Crippen molar-refractivity contribution in [2.45, 2.75) is 36.9 Å². The smallest absolute Gasteiger partial charge is 0.231 e. The van der Waals surface area contributed by atoms with Gasteiger partial charge in [0.2, 0.25) is 6.79 Å². The lowest BCUT2D eigenvalue weighted by molar-refractivity contribution is 0.110. The summed E-state index contributed by atoms with van der Waals surface area (Å²) in [6.07, 6.45) is 5.88. The molecule has 3 aliphatic heterocycles. The minimum Gasteiger partial charge on any atom is -0.454 e. The van der Waals surface area contributed by atoms with Gasteiger partial charge in [0, 0.05) is 24.5 Å². The van der Waals surface area contributed by atoms with E-state index < -0.39 is 0 Å². The second-order valence-electron chi connectivity index (χ2n) is 6.30. The summed E-state index contributed by atoms with van der Waals surface area (Å²) in [5, 5.41) is 9.95. The lowest BCUT2D eigenvalue weighted by Gasteiger charge is -2.45. The third-order valence-electron chi connectivity index (χ3n) is 5.40. The highest BCUT2D eigenvalue weighted by Gasteiger charge is 2.53. The molecule has 20 heavy (non-hydrogen) atoms. The molecule has 4 nitrogen and oxygen atoms in total. The minimum atomic E-state index is -0.302. The van der Waals surface area contributed by atoms with Crippen molar-refractivity contribution in [3.8, 4) is 11.5 Å². The Labute approximate surface area is 117 Å². The molecular formula is C16H17NO3. The van der Waals surface area contributed by atoms with Crippen LogP contribution >= 0.6 is 0 Å². The van der Waals surface area contributed by atoms with Gasteiger partial charge in [-0.1, -0.05) is 12.2 Å². The summed E-state index contributed by atoms with van der Waals surface area (Å²) >= 11 is 0. The largest absolute Gasteiger partial charge is 0.454 e. The van der Waals surface area contributed by atoms with Gasteiger partial charge in [-0.05, 0) is 36.1 Å². The second-order valence-corrected chi connectivity index (χ2v) is 6.30. The van der Waals surface area contributed by atoms with Gasteiger partial charge >= 0.3 is 0 Å². The monoisotopic (exact) mass is 271 g/mol. The zero-order valence-electron chi connectivity index (χ0n) is 11.2. The van der Waals surface area contributed by atoms with Crippen molar-refractivity contribution in [2.24, 2.45) is 0 Å². The molecule has 0 saturated carbocycles. The molecule has 1 aromatic carbocycles. The van der Waals surface area contributed by atoms with Crippen LogP contribution in [0.25, 0.3) is 0 Å². The van der Waals surface area contributed by atoms with Crippen LogP contribution in [-0.4, -0.2) is 35.5 Å². The molecule has 0 radical (unpaired) electrons. The number of nitrogens with zero attached hydrogens (tertiary/aromatic N) is 1. The Bertz CT molecular complexity index is 626. The van der Waals surface area contributed by atoms with E-state index in [1.807, 2.05) is 6.08 Å². The molecule has 1 fully saturated rings. The Hall–Kier alpha value is -1.52. The Kier molecular flexibility index (Phi) is 1.99. The molecule has 1 N–H and O–H groups in total. The molecular weight excluding hydrogens is 254 g/mol. The Balaban J connectivity index is 1.74. The molecule has 2 bridgehead atoms. The van der Waals surface area contributed by atoms with Gasteiger partial charge in [0.05, 0.1) is 6.10 Å². The van der Waals surface area contributed by atoms with Crippen molar-refractivity contribution in [3.63, 3.8) is 0 Å². The van der Waals surface area contributed by atoms with E-state index in [2.05, 4.69) is 23.1 Å².